The van der Waals surface area contributed by atoms with Gasteiger partial charge in [0.15, 0.2) is 0 Å². The molecular formula is C14H27N3O3. The third kappa shape index (κ3) is 4.10. The van der Waals surface area contributed by atoms with Gasteiger partial charge in [-0.15, -0.1) is 0 Å². The first-order valence-electron chi connectivity index (χ1n) is 7.22. The highest BCUT2D eigenvalue weighted by molar-refractivity contribution is 5.77. The molecule has 0 aromatic heterocycles. The van der Waals surface area contributed by atoms with Crippen LogP contribution < -0.4 is 5.32 Å². The molecule has 0 aromatic carbocycles. The summed E-state index contributed by atoms with van der Waals surface area (Å²) in [5.74, 6) is -0.876. The van der Waals surface area contributed by atoms with Crippen LogP contribution in [0.3, 0.4) is 0 Å². The average Bonchev–Trinajstić information content (AvgIpc) is 2.80. The van der Waals surface area contributed by atoms with Crippen molar-refractivity contribution in [2.24, 2.45) is 5.41 Å². The zero-order chi connectivity index (χ0) is 15.3. The van der Waals surface area contributed by atoms with Crippen molar-refractivity contribution >= 4 is 12.0 Å². The molecular weight excluding hydrogens is 258 g/mol. The normalized spacial score (nSPS) is 22.3. The molecule has 1 aliphatic rings. The number of nitrogens with one attached hydrogen (secondary N) is 1. The van der Waals surface area contributed by atoms with Gasteiger partial charge >= 0.3 is 12.0 Å². The molecule has 1 fully saturated rings. The van der Waals surface area contributed by atoms with Gasteiger partial charge in [0.05, 0.1) is 5.41 Å². The highest BCUT2D eigenvalue weighted by Gasteiger charge is 2.32. The molecule has 20 heavy (non-hydrogen) atoms. The van der Waals surface area contributed by atoms with Gasteiger partial charge in [0, 0.05) is 26.2 Å². The van der Waals surface area contributed by atoms with Crippen molar-refractivity contribution in [1.29, 1.82) is 0 Å². The van der Waals surface area contributed by atoms with Crippen molar-refractivity contribution in [1.82, 2.24) is 15.1 Å². The predicted octanol–water partition coefficient (Wildman–Crippen LogP) is 1.22. The van der Waals surface area contributed by atoms with Crippen molar-refractivity contribution in [3.8, 4) is 0 Å². The zero-order valence-electron chi connectivity index (χ0n) is 13.0. The van der Waals surface area contributed by atoms with E-state index in [0.717, 1.165) is 13.0 Å². The number of urea groups is 1. The summed E-state index contributed by atoms with van der Waals surface area (Å²) in [6.07, 6.45) is 2.76. The number of hydrogen-bond donors (Lipinski definition) is 2. The Morgan fingerprint density at radius 3 is 2.60 bits per heavy atom. The fraction of sp³-hybridized carbons (Fsp3) is 0.857. The lowest BCUT2D eigenvalue weighted by atomic mass is 9.88. The van der Waals surface area contributed by atoms with E-state index in [2.05, 4.69) is 17.3 Å². The minimum atomic E-state index is -0.902. The van der Waals surface area contributed by atoms with Crippen LogP contribution in [-0.2, 0) is 4.79 Å². The monoisotopic (exact) mass is 285 g/mol. The number of aliphatic carboxylic acids is 1. The topological polar surface area (TPSA) is 72.9 Å². The Kier molecular flexibility index (Phi) is 5.80. The van der Waals surface area contributed by atoms with Gasteiger partial charge in [-0.25, -0.2) is 4.79 Å². The number of carbonyl (C=O) groups excluding carboxylic acids is 1. The van der Waals surface area contributed by atoms with Crippen molar-refractivity contribution in [2.45, 2.75) is 39.2 Å². The van der Waals surface area contributed by atoms with Crippen LogP contribution in [-0.4, -0.2) is 66.7 Å². The van der Waals surface area contributed by atoms with Crippen molar-refractivity contribution in [3.05, 3.63) is 0 Å². The summed E-state index contributed by atoms with van der Waals surface area (Å²) in [7, 11) is 3.83. The second kappa shape index (κ2) is 6.92. The lowest BCUT2D eigenvalue weighted by molar-refractivity contribution is -0.147. The first kappa shape index (κ1) is 16.8. The van der Waals surface area contributed by atoms with E-state index in [1.54, 1.807) is 18.9 Å². The fourth-order valence-electron chi connectivity index (χ4n) is 2.37. The Balaban J connectivity index is 2.43. The van der Waals surface area contributed by atoms with Crippen molar-refractivity contribution in [2.75, 3.05) is 33.7 Å². The Hall–Kier alpha value is -1.30. The summed E-state index contributed by atoms with van der Waals surface area (Å²) in [5, 5.41) is 11.9. The Morgan fingerprint density at radius 1 is 1.50 bits per heavy atom. The largest absolute Gasteiger partial charge is 0.481 e. The van der Waals surface area contributed by atoms with Gasteiger partial charge in [0.1, 0.15) is 0 Å². The van der Waals surface area contributed by atoms with Gasteiger partial charge in [-0.3, -0.25) is 4.79 Å². The SMILES string of the molecule is CCC(C)(CNC(=O)N(C)CC1CCCN1C)C(=O)O. The van der Waals surface area contributed by atoms with E-state index in [1.165, 1.54) is 6.42 Å². The Morgan fingerprint density at radius 2 is 2.15 bits per heavy atom. The summed E-state index contributed by atoms with van der Waals surface area (Å²) in [6, 6.07) is 0.203. The molecule has 0 spiro atoms. The van der Waals surface area contributed by atoms with Crippen LogP contribution in [0.25, 0.3) is 0 Å². The lowest BCUT2D eigenvalue weighted by Gasteiger charge is -2.28. The maximum Gasteiger partial charge on any atom is 0.317 e. The van der Waals surface area contributed by atoms with E-state index >= 15 is 0 Å². The van der Waals surface area contributed by atoms with Crippen LogP contribution in [0.5, 0.6) is 0 Å². The van der Waals surface area contributed by atoms with Crippen molar-refractivity contribution in [3.63, 3.8) is 0 Å². The maximum absolute atomic E-state index is 12.0. The fourth-order valence-corrected chi connectivity index (χ4v) is 2.37. The van der Waals surface area contributed by atoms with Crippen LogP contribution in [0.1, 0.15) is 33.1 Å². The number of likely N-dealkylation sites (N-methyl/N-ethyl adjacent to an activating group) is 2. The summed E-state index contributed by atoms with van der Waals surface area (Å²) in [4.78, 5) is 27.1. The molecule has 0 saturated carbocycles. The second-order valence-electron chi connectivity index (χ2n) is 6.04. The summed E-state index contributed by atoms with van der Waals surface area (Å²) in [5.41, 5.74) is -0.902. The molecule has 0 radical (unpaired) electrons. The number of carbonyl (C=O) groups is 2. The molecule has 6 nitrogen and oxygen atoms in total. The number of hydrogen-bond acceptors (Lipinski definition) is 3. The van der Waals surface area contributed by atoms with Crippen LogP contribution in [0.4, 0.5) is 4.79 Å². The van der Waals surface area contributed by atoms with Crippen LogP contribution in [0.15, 0.2) is 0 Å². The molecule has 0 aliphatic carbocycles. The zero-order valence-corrected chi connectivity index (χ0v) is 13.0. The molecule has 116 valence electrons. The number of carboxylic acids is 1. The lowest BCUT2D eigenvalue weighted by Crippen LogP contribution is -2.48. The van der Waals surface area contributed by atoms with Gasteiger partial charge in [-0.1, -0.05) is 6.92 Å². The predicted molar refractivity (Wildman–Crippen MR) is 77.7 cm³/mol. The highest BCUT2D eigenvalue weighted by Crippen LogP contribution is 2.20. The van der Waals surface area contributed by atoms with Gasteiger partial charge in [0.25, 0.3) is 0 Å². The number of rotatable bonds is 6. The molecule has 6 heteroatoms. The highest BCUT2D eigenvalue weighted by atomic mass is 16.4. The van der Waals surface area contributed by atoms with Crippen LogP contribution in [0.2, 0.25) is 0 Å². The van der Waals surface area contributed by atoms with E-state index in [-0.39, 0.29) is 12.6 Å². The number of likely N-dealkylation sites (tertiary alicyclic amines) is 1. The Labute approximate surface area is 121 Å². The van der Waals surface area contributed by atoms with Gasteiger partial charge in [0.2, 0.25) is 0 Å². The van der Waals surface area contributed by atoms with E-state index in [4.69, 9.17) is 0 Å². The Bertz CT molecular complexity index is 362. The average molecular weight is 285 g/mol. The number of nitrogens with zero attached hydrogens (tertiary/aromatic N) is 2. The number of amides is 2. The maximum atomic E-state index is 12.0. The van der Waals surface area contributed by atoms with E-state index < -0.39 is 11.4 Å². The van der Waals surface area contributed by atoms with Gasteiger partial charge < -0.3 is 20.2 Å². The molecule has 1 saturated heterocycles. The molecule has 0 bridgehead atoms. The van der Waals surface area contributed by atoms with Gasteiger partial charge in [-0.05, 0) is 39.8 Å². The number of carboxylic acid groups (broad SMARTS) is 1. The van der Waals surface area contributed by atoms with E-state index in [1.807, 2.05) is 6.92 Å². The van der Waals surface area contributed by atoms with Gasteiger partial charge in [-0.2, -0.15) is 0 Å². The standard InChI is InChI=1S/C14H27N3O3/c1-5-14(2,12(18)19)10-15-13(20)17(4)9-11-7-6-8-16(11)3/h11H,5-10H2,1-4H3,(H,15,20)(H,18,19). The third-order valence-corrected chi connectivity index (χ3v) is 4.43. The minimum absolute atomic E-state index is 0.155. The molecule has 1 aliphatic heterocycles. The summed E-state index contributed by atoms with van der Waals surface area (Å²) < 4.78 is 0. The molecule has 0 aromatic rings. The summed E-state index contributed by atoms with van der Waals surface area (Å²) in [6.45, 7) is 5.38. The van der Waals surface area contributed by atoms with Crippen molar-refractivity contribution < 1.29 is 14.7 Å². The molecule has 1 heterocycles. The van der Waals surface area contributed by atoms with E-state index in [9.17, 15) is 14.7 Å². The molecule has 2 atom stereocenters. The molecule has 2 N–H and O–H groups in total. The van der Waals surface area contributed by atoms with E-state index in [0.29, 0.717) is 19.0 Å². The van der Waals surface area contributed by atoms with Crippen LogP contribution >= 0.6 is 0 Å². The molecule has 1 rings (SSSR count). The third-order valence-electron chi connectivity index (χ3n) is 4.43. The summed E-state index contributed by atoms with van der Waals surface area (Å²) >= 11 is 0. The second-order valence-corrected chi connectivity index (χ2v) is 6.04. The minimum Gasteiger partial charge on any atom is -0.481 e. The smallest absolute Gasteiger partial charge is 0.317 e. The van der Waals surface area contributed by atoms with Crippen LogP contribution in [0, 0.1) is 5.41 Å². The first-order valence-corrected chi connectivity index (χ1v) is 7.22. The molecule has 2 unspecified atom stereocenters. The molecule has 2 amide bonds. The first-order chi connectivity index (χ1) is 9.30. The quantitative estimate of drug-likeness (QED) is 0.769.